The summed E-state index contributed by atoms with van der Waals surface area (Å²) in [5.41, 5.74) is 0.785. The van der Waals surface area contributed by atoms with Gasteiger partial charge in [-0.2, -0.15) is 8.78 Å². The largest absolute Gasteiger partial charge is 0.357 e. The lowest BCUT2D eigenvalue weighted by Crippen LogP contribution is -3.06. The van der Waals surface area contributed by atoms with Gasteiger partial charge in [0.15, 0.2) is 5.11 Å². The Morgan fingerprint density at radius 2 is 1.95 bits per heavy atom. The van der Waals surface area contributed by atoms with E-state index in [2.05, 4.69) is 24.7 Å². The predicted molar refractivity (Wildman–Crippen MR) is 80.2 cm³/mol. The van der Waals surface area contributed by atoms with E-state index >= 15 is 0 Å². The Hall–Kier alpha value is -0.920. The van der Waals surface area contributed by atoms with Crippen LogP contribution in [0.5, 0.6) is 0 Å². The topological polar surface area (TPSA) is 28.5 Å². The highest BCUT2D eigenvalue weighted by Gasteiger charge is 2.05. The third-order valence-electron chi connectivity index (χ3n) is 2.25. The molecule has 0 saturated carbocycles. The number of anilines is 1. The van der Waals surface area contributed by atoms with Crippen LogP contribution in [-0.2, 0) is 0 Å². The van der Waals surface area contributed by atoms with Crippen molar-refractivity contribution in [1.29, 1.82) is 0 Å². The van der Waals surface area contributed by atoms with Gasteiger partial charge in [-0.15, -0.1) is 0 Å². The molecule has 3 N–H and O–H groups in total. The Labute approximate surface area is 121 Å². The molecule has 3 nitrogen and oxygen atoms in total. The molecule has 0 aromatic heterocycles. The van der Waals surface area contributed by atoms with Gasteiger partial charge in [0.05, 0.1) is 27.2 Å². The second-order valence-corrected chi connectivity index (χ2v) is 5.71. The SMILES string of the molecule is C[NH+](C)CCNC(=S)Nc1ccc(SC(F)F)cc1. The van der Waals surface area contributed by atoms with Gasteiger partial charge in [-0.05, 0) is 36.5 Å². The summed E-state index contributed by atoms with van der Waals surface area (Å²) in [5.74, 6) is -2.39. The minimum atomic E-state index is -2.39. The molecule has 1 rings (SSSR count). The highest BCUT2D eigenvalue weighted by Crippen LogP contribution is 2.26. The van der Waals surface area contributed by atoms with E-state index in [4.69, 9.17) is 12.2 Å². The summed E-state index contributed by atoms with van der Waals surface area (Å²) < 4.78 is 24.3. The number of benzene rings is 1. The summed E-state index contributed by atoms with van der Waals surface area (Å²) in [7, 11) is 4.13. The number of quaternary nitrogens is 1. The summed E-state index contributed by atoms with van der Waals surface area (Å²) >= 11 is 5.66. The van der Waals surface area contributed by atoms with E-state index in [1.165, 1.54) is 4.90 Å². The number of thioether (sulfide) groups is 1. The number of nitrogens with one attached hydrogen (secondary N) is 3. The van der Waals surface area contributed by atoms with Crippen LogP contribution in [-0.4, -0.2) is 38.1 Å². The van der Waals surface area contributed by atoms with E-state index in [-0.39, 0.29) is 0 Å². The number of alkyl halides is 2. The minimum Gasteiger partial charge on any atom is -0.357 e. The Kier molecular flexibility index (Phi) is 7.04. The van der Waals surface area contributed by atoms with Crippen LogP contribution in [0.2, 0.25) is 0 Å². The smallest absolute Gasteiger partial charge is 0.288 e. The van der Waals surface area contributed by atoms with Crippen LogP contribution < -0.4 is 15.5 Å². The molecule has 0 atom stereocenters. The zero-order valence-electron chi connectivity index (χ0n) is 10.9. The fourth-order valence-corrected chi connectivity index (χ4v) is 2.04. The maximum absolute atomic E-state index is 12.2. The van der Waals surface area contributed by atoms with Crippen molar-refractivity contribution in [3.63, 3.8) is 0 Å². The first kappa shape index (κ1) is 16.1. The van der Waals surface area contributed by atoms with Crippen molar-refractivity contribution in [3.05, 3.63) is 24.3 Å². The Bertz CT molecular complexity index is 396. The van der Waals surface area contributed by atoms with Crippen LogP contribution in [0, 0.1) is 0 Å². The average Bonchev–Trinajstić information content (AvgIpc) is 2.30. The maximum Gasteiger partial charge on any atom is 0.288 e. The van der Waals surface area contributed by atoms with E-state index < -0.39 is 5.76 Å². The Morgan fingerprint density at radius 3 is 2.47 bits per heavy atom. The number of rotatable bonds is 6. The molecule has 0 aliphatic carbocycles. The predicted octanol–water partition coefficient (Wildman–Crippen LogP) is 1.43. The van der Waals surface area contributed by atoms with Crippen LogP contribution in [0.15, 0.2) is 29.2 Å². The second-order valence-electron chi connectivity index (χ2n) is 4.24. The lowest BCUT2D eigenvalue weighted by atomic mass is 10.3. The lowest BCUT2D eigenvalue weighted by Gasteiger charge is -2.12. The number of hydrogen-bond donors (Lipinski definition) is 3. The second kappa shape index (κ2) is 8.29. The van der Waals surface area contributed by atoms with E-state index in [0.29, 0.717) is 21.8 Å². The average molecular weight is 306 g/mol. The third kappa shape index (κ3) is 7.29. The number of thiocarbonyl (C=S) groups is 1. The lowest BCUT2D eigenvalue weighted by molar-refractivity contribution is -0.856. The van der Waals surface area contributed by atoms with Gasteiger partial charge in [0.1, 0.15) is 0 Å². The first-order valence-corrected chi connectivity index (χ1v) is 7.15. The van der Waals surface area contributed by atoms with Gasteiger partial charge < -0.3 is 15.5 Å². The molecule has 0 fully saturated rings. The van der Waals surface area contributed by atoms with Gasteiger partial charge in [0.25, 0.3) is 5.76 Å². The molecule has 0 amide bonds. The monoisotopic (exact) mass is 306 g/mol. The van der Waals surface area contributed by atoms with Gasteiger partial charge in [0, 0.05) is 10.6 Å². The molecule has 1 aromatic carbocycles. The van der Waals surface area contributed by atoms with Crippen molar-refractivity contribution >= 4 is 34.8 Å². The Balaban J connectivity index is 2.38. The summed E-state index contributed by atoms with van der Waals surface area (Å²) in [5, 5.41) is 6.63. The standard InChI is InChI=1S/C12H17F2N3S2/c1-17(2)8-7-15-12(18)16-9-3-5-10(6-4-9)19-11(13)14/h3-6,11H,7-8H2,1-2H3,(H2,15,16,18)/p+1. The van der Waals surface area contributed by atoms with E-state index in [1.807, 2.05) is 0 Å². The van der Waals surface area contributed by atoms with Crippen LogP contribution in [0.4, 0.5) is 14.5 Å². The quantitative estimate of drug-likeness (QED) is 0.548. The maximum atomic E-state index is 12.2. The third-order valence-corrected chi connectivity index (χ3v) is 3.22. The molecule has 0 aliphatic heterocycles. The van der Waals surface area contributed by atoms with Gasteiger partial charge in [-0.1, -0.05) is 11.8 Å². The summed E-state index contributed by atoms with van der Waals surface area (Å²) in [6.07, 6.45) is 0. The summed E-state index contributed by atoms with van der Waals surface area (Å²) in [4.78, 5) is 1.87. The molecular formula is C12H18F2N3S2+. The molecule has 0 heterocycles. The normalized spacial score (nSPS) is 10.8. The molecule has 0 aliphatic rings. The molecule has 1 aromatic rings. The highest BCUT2D eigenvalue weighted by atomic mass is 32.2. The molecule has 0 spiro atoms. The van der Waals surface area contributed by atoms with Crippen LogP contribution in [0.1, 0.15) is 0 Å². The van der Waals surface area contributed by atoms with Crippen LogP contribution in [0.3, 0.4) is 0 Å². The molecule has 7 heteroatoms. The number of hydrogen-bond acceptors (Lipinski definition) is 2. The zero-order valence-corrected chi connectivity index (χ0v) is 12.5. The van der Waals surface area contributed by atoms with Gasteiger partial charge >= 0.3 is 0 Å². The number of halogens is 2. The fourth-order valence-electron chi connectivity index (χ4n) is 1.32. The van der Waals surface area contributed by atoms with Crippen molar-refractivity contribution < 1.29 is 13.7 Å². The number of likely N-dealkylation sites (N-methyl/N-ethyl adjacent to an activating group) is 1. The van der Waals surface area contributed by atoms with Crippen LogP contribution >= 0.6 is 24.0 Å². The molecule has 106 valence electrons. The van der Waals surface area contributed by atoms with Gasteiger partial charge in [-0.3, -0.25) is 0 Å². The minimum absolute atomic E-state index is 0.531. The van der Waals surface area contributed by atoms with Crippen molar-refractivity contribution in [2.75, 3.05) is 32.5 Å². The zero-order chi connectivity index (χ0) is 14.3. The van der Waals surface area contributed by atoms with Crippen molar-refractivity contribution in [2.24, 2.45) is 0 Å². The van der Waals surface area contributed by atoms with Crippen molar-refractivity contribution in [1.82, 2.24) is 5.32 Å². The first-order valence-electron chi connectivity index (χ1n) is 5.86. The molecule has 19 heavy (non-hydrogen) atoms. The van der Waals surface area contributed by atoms with E-state index in [1.54, 1.807) is 24.3 Å². The summed E-state index contributed by atoms with van der Waals surface area (Å²) in [6, 6.07) is 6.75. The van der Waals surface area contributed by atoms with E-state index in [9.17, 15) is 8.78 Å². The Morgan fingerprint density at radius 1 is 1.32 bits per heavy atom. The fraction of sp³-hybridized carbons (Fsp3) is 0.417. The molecule has 0 saturated heterocycles. The highest BCUT2D eigenvalue weighted by molar-refractivity contribution is 7.99. The van der Waals surface area contributed by atoms with Gasteiger partial charge in [0.2, 0.25) is 0 Å². The summed E-state index contributed by atoms with van der Waals surface area (Å²) in [6.45, 7) is 1.75. The molecular weight excluding hydrogens is 288 g/mol. The molecule has 0 radical (unpaired) electrons. The van der Waals surface area contributed by atoms with Crippen molar-refractivity contribution in [2.45, 2.75) is 10.7 Å². The van der Waals surface area contributed by atoms with Crippen molar-refractivity contribution in [3.8, 4) is 0 Å². The molecule has 0 unspecified atom stereocenters. The first-order chi connectivity index (χ1) is 8.97. The van der Waals surface area contributed by atoms with Crippen LogP contribution in [0.25, 0.3) is 0 Å². The van der Waals surface area contributed by atoms with Gasteiger partial charge in [-0.25, -0.2) is 0 Å². The van der Waals surface area contributed by atoms with E-state index in [0.717, 1.165) is 18.8 Å². The molecule has 0 bridgehead atoms.